The first-order valence-electron chi connectivity index (χ1n) is 10.0. The molecule has 1 aliphatic heterocycles. The zero-order chi connectivity index (χ0) is 20.1. The maximum absolute atomic E-state index is 4.53. The molecule has 6 nitrogen and oxygen atoms in total. The molecule has 30 heavy (non-hydrogen) atoms. The minimum atomic E-state index is 0. The third-order valence-corrected chi connectivity index (χ3v) is 6.29. The fraction of sp³-hybridized carbons (Fsp3) is 0.364. The summed E-state index contributed by atoms with van der Waals surface area (Å²) < 4.78 is 0. The number of hydrogen-bond donors (Lipinski definition) is 2. The lowest BCUT2D eigenvalue weighted by molar-refractivity contribution is 0.259. The molecule has 8 heteroatoms. The maximum Gasteiger partial charge on any atom is 0.193 e. The van der Waals surface area contributed by atoms with Crippen LogP contribution < -0.4 is 5.32 Å². The first-order chi connectivity index (χ1) is 14.2. The molecule has 0 fully saturated rings. The Bertz CT molecular complexity index is 951. The van der Waals surface area contributed by atoms with E-state index in [-0.39, 0.29) is 24.0 Å². The number of fused-ring (bicyclic) bond motifs is 1. The predicted molar refractivity (Wildman–Crippen MR) is 136 cm³/mol. The van der Waals surface area contributed by atoms with E-state index in [2.05, 4.69) is 53.7 Å². The quantitative estimate of drug-likeness (QED) is 0.286. The van der Waals surface area contributed by atoms with Crippen LogP contribution in [0.4, 0.5) is 0 Å². The SMILES string of the molecule is CN=C(NCCN1CCc2sccc2C1)N(C)Cc1ncc(-c2ccccc2)[nH]1.I. The first kappa shape index (κ1) is 22.8. The van der Waals surface area contributed by atoms with E-state index >= 15 is 0 Å². The number of thiophene rings is 1. The molecule has 0 bridgehead atoms. The number of nitrogens with one attached hydrogen (secondary N) is 2. The Morgan fingerprint density at radius 3 is 2.93 bits per heavy atom. The minimum Gasteiger partial charge on any atom is -0.355 e. The smallest absolute Gasteiger partial charge is 0.193 e. The molecule has 160 valence electrons. The van der Waals surface area contributed by atoms with E-state index < -0.39 is 0 Å². The molecule has 2 N–H and O–H groups in total. The second kappa shape index (κ2) is 10.9. The van der Waals surface area contributed by atoms with E-state index in [4.69, 9.17) is 0 Å². The molecule has 0 amide bonds. The van der Waals surface area contributed by atoms with Gasteiger partial charge in [0, 0.05) is 45.2 Å². The molecule has 0 aliphatic carbocycles. The number of benzene rings is 1. The van der Waals surface area contributed by atoms with Crippen LogP contribution in [-0.2, 0) is 19.5 Å². The average Bonchev–Trinajstić information content (AvgIpc) is 3.41. The van der Waals surface area contributed by atoms with Gasteiger partial charge in [-0.25, -0.2) is 4.98 Å². The number of aromatic amines is 1. The van der Waals surface area contributed by atoms with Gasteiger partial charge < -0.3 is 15.2 Å². The number of halogens is 1. The van der Waals surface area contributed by atoms with Crippen molar-refractivity contribution < 1.29 is 0 Å². The number of aromatic nitrogens is 2. The summed E-state index contributed by atoms with van der Waals surface area (Å²) in [4.78, 5) is 18.5. The van der Waals surface area contributed by atoms with Crippen molar-refractivity contribution in [3.63, 3.8) is 0 Å². The lowest BCUT2D eigenvalue weighted by atomic mass is 10.1. The topological polar surface area (TPSA) is 59.6 Å². The second-order valence-electron chi connectivity index (χ2n) is 7.33. The van der Waals surface area contributed by atoms with Gasteiger partial charge in [0.2, 0.25) is 0 Å². The maximum atomic E-state index is 4.53. The number of imidazole rings is 1. The van der Waals surface area contributed by atoms with Crippen molar-refractivity contribution in [3.8, 4) is 11.3 Å². The summed E-state index contributed by atoms with van der Waals surface area (Å²) in [5.41, 5.74) is 3.68. The molecule has 0 radical (unpaired) electrons. The second-order valence-corrected chi connectivity index (χ2v) is 8.34. The minimum absolute atomic E-state index is 0. The zero-order valence-corrected chi connectivity index (χ0v) is 20.6. The Balaban J connectivity index is 0.00000256. The van der Waals surface area contributed by atoms with Gasteiger partial charge in [-0.05, 0) is 29.0 Å². The van der Waals surface area contributed by atoms with Crippen LogP contribution in [-0.4, -0.2) is 59.5 Å². The highest BCUT2D eigenvalue weighted by molar-refractivity contribution is 14.0. The molecular weight excluding hydrogens is 507 g/mol. The van der Waals surface area contributed by atoms with Crippen molar-refractivity contribution >= 4 is 41.3 Å². The molecule has 3 aromatic rings. The van der Waals surface area contributed by atoms with Crippen molar-refractivity contribution in [1.82, 2.24) is 25.1 Å². The molecule has 2 aromatic heterocycles. The largest absolute Gasteiger partial charge is 0.355 e. The van der Waals surface area contributed by atoms with Crippen LogP contribution in [0.3, 0.4) is 0 Å². The first-order valence-corrected chi connectivity index (χ1v) is 10.9. The lowest BCUT2D eigenvalue weighted by Gasteiger charge is -2.28. The van der Waals surface area contributed by atoms with Crippen LogP contribution in [0.1, 0.15) is 16.3 Å². The summed E-state index contributed by atoms with van der Waals surface area (Å²) in [5.74, 6) is 1.81. The van der Waals surface area contributed by atoms with Gasteiger partial charge in [-0.1, -0.05) is 30.3 Å². The van der Waals surface area contributed by atoms with E-state index in [1.807, 2.05) is 49.8 Å². The molecule has 0 atom stereocenters. The summed E-state index contributed by atoms with van der Waals surface area (Å²) in [6.45, 7) is 4.77. The summed E-state index contributed by atoms with van der Waals surface area (Å²) in [6.07, 6.45) is 3.06. The number of nitrogens with zero attached hydrogens (tertiary/aromatic N) is 4. The summed E-state index contributed by atoms with van der Waals surface area (Å²) in [7, 11) is 3.87. The van der Waals surface area contributed by atoms with E-state index in [1.165, 1.54) is 12.0 Å². The fourth-order valence-electron chi connectivity index (χ4n) is 3.72. The van der Waals surface area contributed by atoms with Gasteiger partial charge in [-0.2, -0.15) is 0 Å². The lowest BCUT2D eigenvalue weighted by Crippen LogP contribution is -2.43. The van der Waals surface area contributed by atoms with Gasteiger partial charge in [0.15, 0.2) is 5.96 Å². The van der Waals surface area contributed by atoms with Gasteiger partial charge >= 0.3 is 0 Å². The number of H-pyrrole nitrogens is 1. The Labute approximate surface area is 199 Å². The molecule has 3 heterocycles. The van der Waals surface area contributed by atoms with Crippen molar-refractivity contribution in [3.05, 3.63) is 64.2 Å². The van der Waals surface area contributed by atoms with Gasteiger partial charge in [-0.3, -0.25) is 9.89 Å². The fourth-order valence-corrected chi connectivity index (χ4v) is 4.60. The van der Waals surface area contributed by atoms with Gasteiger partial charge in [-0.15, -0.1) is 35.3 Å². The average molecular weight is 536 g/mol. The van der Waals surface area contributed by atoms with Crippen LogP contribution >= 0.6 is 35.3 Å². The molecule has 0 spiro atoms. The molecule has 4 rings (SSSR count). The molecule has 1 aromatic carbocycles. The van der Waals surface area contributed by atoms with E-state index in [1.54, 1.807) is 4.88 Å². The van der Waals surface area contributed by atoms with Crippen LogP contribution in [0.25, 0.3) is 11.3 Å². The van der Waals surface area contributed by atoms with E-state index in [9.17, 15) is 0 Å². The number of hydrogen-bond acceptors (Lipinski definition) is 4. The molecule has 1 aliphatic rings. The number of rotatable bonds is 6. The van der Waals surface area contributed by atoms with Crippen molar-refractivity contribution in [1.29, 1.82) is 0 Å². The highest BCUT2D eigenvalue weighted by Crippen LogP contribution is 2.23. The predicted octanol–water partition coefficient (Wildman–Crippen LogP) is 3.82. The van der Waals surface area contributed by atoms with Crippen LogP contribution in [0.15, 0.2) is 53.0 Å². The molecule has 0 saturated carbocycles. The summed E-state index contributed by atoms with van der Waals surface area (Å²) in [5, 5.41) is 5.70. The summed E-state index contributed by atoms with van der Waals surface area (Å²) in [6, 6.07) is 12.5. The van der Waals surface area contributed by atoms with Gasteiger partial charge in [0.25, 0.3) is 0 Å². The Morgan fingerprint density at radius 1 is 1.30 bits per heavy atom. The van der Waals surface area contributed by atoms with Crippen LogP contribution in [0.2, 0.25) is 0 Å². The van der Waals surface area contributed by atoms with Gasteiger partial charge in [0.05, 0.1) is 18.4 Å². The van der Waals surface area contributed by atoms with Crippen LogP contribution in [0.5, 0.6) is 0 Å². The molecule has 0 saturated heterocycles. The van der Waals surface area contributed by atoms with Crippen LogP contribution in [0, 0.1) is 0 Å². The summed E-state index contributed by atoms with van der Waals surface area (Å²) >= 11 is 1.89. The van der Waals surface area contributed by atoms with E-state index in [0.717, 1.165) is 49.2 Å². The normalized spacial score (nSPS) is 14.1. The van der Waals surface area contributed by atoms with Crippen molar-refractivity contribution in [2.75, 3.05) is 33.7 Å². The Hall–Kier alpha value is -1.91. The zero-order valence-electron chi connectivity index (χ0n) is 17.5. The third-order valence-electron chi connectivity index (χ3n) is 5.27. The highest BCUT2D eigenvalue weighted by Gasteiger charge is 2.17. The number of aliphatic imine (C=N–C) groups is 1. The molecule has 0 unspecified atom stereocenters. The van der Waals surface area contributed by atoms with E-state index in [0.29, 0.717) is 6.54 Å². The van der Waals surface area contributed by atoms with Crippen molar-refractivity contribution in [2.45, 2.75) is 19.5 Å². The van der Waals surface area contributed by atoms with Crippen molar-refractivity contribution in [2.24, 2.45) is 4.99 Å². The monoisotopic (exact) mass is 536 g/mol. The third kappa shape index (κ3) is 5.61. The standard InChI is InChI=1S/C22H28N6S.HI/c1-23-22(24-10-12-28-11-8-20-18(15-28)9-13-29-20)27(2)16-21-25-14-19(26-21)17-6-4-3-5-7-17;/h3-7,9,13-14H,8,10-12,15-16H2,1-2H3,(H,23,24)(H,25,26);1H. The molecular formula is C22H29IN6S. The Morgan fingerprint density at radius 2 is 2.13 bits per heavy atom. The Kier molecular flexibility index (Phi) is 8.29. The number of guanidine groups is 1. The van der Waals surface area contributed by atoms with Gasteiger partial charge in [0.1, 0.15) is 5.82 Å². The highest BCUT2D eigenvalue weighted by atomic mass is 127.